The number of hydrogen-bond donors (Lipinski definition) is 6. The summed E-state index contributed by atoms with van der Waals surface area (Å²) in [6.45, 7) is 1.44. The summed E-state index contributed by atoms with van der Waals surface area (Å²) in [6, 6.07) is 5.29. The van der Waals surface area contributed by atoms with E-state index in [9.17, 15) is 31.2 Å². The number of nitrogens with zero attached hydrogens (tertiary/aromatic N) is 1. The number of rotatable bonds is 9. The van der Waals surface area contributed by atoms with Gasteiger partial charge in [-0.3, -0.25) is 29.1 Å². The van der Waals surface area contributed by atoms with Crippen molar-refractivity contribution in [2.45, 2.75) is 30.5 Å². The Hall–Kier alpha value is -3.54. The number of guanidine groups is 1. The molecule has 19 heteroatoms. The fourth-order valence-electron chi connectivity index (χ4n) is 2.70. The van der Waals surface area contributed by atoms with E-state index in [0.717, 1.165) is 4.57 Å². The van der Waals surface area contributed by atoms with E-state index in [1.807, 2.05) is 0 Å². The van der Waals surface area contributed by atoms with Crippen LogP contribution in [0.2, 0.25) is 10.0 Å². The minimum Gasteiger partial charge on any atom is -0.475 e. The number of nitrogens with two attached hydrogens (primary N) is 2. The molecule has 1 aromatic heterocycles. The Morgan fingerprint density at radius 2 is 1.71 bits per heavy atom. The third kappa shape index (κ3) is 9.73. The lowest BCUT2D eigenvalue weighted by atomic mass is 10.1. The number of carbonyl (C=O) groups is 2. The molecule has 38 heavy (non-hydrogen) atoms. The van der Waals surface area contributed by atoms with Gasteiger partial charge in [-0.15, -0.1) is 0 Å². The minimum atomic E-state index is -5.08. The van der Waals surface area contributed by atoms with Gasteiger partial charge in [-0.1, -0.05) is 23.2 Å². The zero-order valence-electron chi connectivity index (χ0n) is 19.2. The van der Waals surface area contributed by atoms with Gasteiger partial charge < -0.3 is 16.6 Å². The van der Waals surface area contributed by atoms with Crippen molar-refractivity contribution in [1.29, 1.82) is 5.41 Å². The first kappa shape index (κ1) is 32.5. The number of aryl methyl sites for hydroxylation is 1. The molecule has 0 aliphatic heterocycles. The van der Waals surface area contributed by atoms with E-state index >= 15 is 0 Å². The third-order valence-electron chi connectivity index (χ3n) is 4.27. The SMILES string of the molecule is Cc1ccc(NS(=O)(=O)c2cc(Cl)cc(Cl)c2)c(=O)n1C(CCONC(=N)N)C(N)=O.O=C(O)C(F)(F)F. The number of sulfonamides is 1. The maximum Gasteiger partial charge on any atom is 0.490 e. The number of anilines is 1. The van der Waals surface area contributed by atoms with Crippen molar-refractivity contribution < 1.29 is 41.1 Å². The normalized spacial score (nSPS) is 12.1. The average molecular weight is 605 g/mol. The summed E-state index contributed by atoms with van der Waals surface area (Å²) in [7, 11) is -4.21. The highest BCUT2D eigenvalue weighted by atomic mass is 35.5. The summed E-state index contributed by atoms with van der Waals surface area (Å²) in [5, 5.41) is 14.3. The maximum atomic E-state index is 13.0. The van der Waals surface area contributed by atoms with E-state index in [1.54, 1.807) is 6.92 Å². The van der Waals surface area contributed by atoms with Crippen LogP contribution in [0.15, 0.2) is 40.0 Å². The number of pyridine rings is 1. The second-order valence-corrected chi connectivity index (χ2v) is 9.70. The number of carboxylic acids is 1. The molecule has 0 spiro atoms. The van der Waals surface area contributed by atoms with Crippen LogP contribution in [0.4, 0.5) is 18.9 Å². The van der Waals surface area contributed by atoms with Gasteiger partial charge >= 0.3 is 12.1 Å². The number of aliphatic carboxylic acids is 1. The van der Waals surface area contributed by atoms with Crippen molar-refractivity contribution in [1.82, 2.24) is 10.0 Å². The lowest BCUT2D eigenvalue weighted by Crippen LogP contribution is -2.38. The highest BCUT2D eigenvalue weighted by Crippen LogP contribution is 2.24. The summed E-state index contributed by atoms with van der Waals surface area (Å²) < 4.78 is 60.4. The molecular weight excluding hydrogens is 584 g/mol. The number of amides is 1. The van der Waals surface area contributed by atoms with Gasteiger partial charge in [-0.2, -0.15) is 13.2 Å². The Balaban J connectivity index is 0.000000905. The summed E-state index contributed by atoms with van der Waals surface area (Å²) in [5.41, 5.74) is 11.9. The second-order valence-electron chi connectivity index (χ2n) is 7.15. The quantitative estimate of drug-likeness (QED) is 0.106. The maximum absolute atomic E-state index is 13.0. The Morgan fingerprint density at radius 3 is 2.16 bits per heavy atom. The second kappa shape index (κ2) is 13.3. The molecule has 0 radical (unpaired) electrons. The van der Waals surface area contributed by atoms with Gasteiger partial charge in [0.05, 0.1) is 11.5 Å². The number of nitrogens with one attached hydrogen (secondary N) is 3. The fraction of sp³-hybridized carbons (Fsp3) is 0.263. The first-order valence-corrected chi connectivity index (χ1v) is 12.1. The molecule has 13 nitrogen and oxygen atoms in total. The van der Waals surface area contributed by atoms with Gasteiger partial charge in [0, 0.05) is 22.2 Å². The molecular formula is C19H21Cl2F3N6O7S. The summed E-state index contributed by atoms with van der Waals surface area (Å²) in [4.78, 5) is 38.5. The molecule has 1 unspecified atom stereocenters. The fourth-order valence-corrected chi connectivity index (χ4v) is 4.48. The molecule has 0 saturated heterocycles. The van der Waals surface area contributed by atoms with Crippen LogP contribution in [-0.2, 0) is 24.4 Å². The number of hydrogen-bond acceptors (Lipinski definition) is 7. The van der Waals surface area contributed by atoms with E-state index in [2.05, 4.69) is 10.2 Å². The van der Waals surface area contributed by atoms with Crippen molar-refractivity contribution in [2.24, 2.45) is 11.5 Å². The molecule has 210 valence electrons. The van der Waals surface area contributed by atoms with Crippen molar-refractivity contribution in [2.75, 3.05) is 11.3 Å². The lowest BCUT2D eigenvalue weighted by Gasteiger charge is -2.20. The molecule has 2 rings (SSSR count). The first-order chi connectivity index (χ1) is 17.4. The number of benzene rings is 1. The van der Waals surface area contributed by atoms with Crippen molar-refractivity contribution in [3.05, 3.63) is 56.4 Å². The lowest BCUT2D eigenvalue weighted by molar-refractivity contribution is -0.192. The van der Waals surface area contributed by atoms with Crippen LogP contribution in [0.1, 0.15) is 18.2 Å². The van der Waals surface area contributed by atoms with Gasteiger partial charge in [0.15, 0.2) is 0 Å². The Labute approximate surface area is 223 Å². The van der Waals surface area contributed by atoms with Gasteiger partial charge in [-0.25, -0.2) is 18.7 Å². The van der Waals surface area contributed by atoms with Crippen LogP contribution in [0.5, 0.6) is 0 Å². The average Bonchev–Trinajstić information content (AvgIpc) is 2.76. The van der Waals surface area contributed by atoms with Gasteiger partial charge in [-0.05, 0) is 37.3 Å². The van der Waals surface area contributed by atoms with E-state index in [0.29, 0.717) is 5.69 Å². The van der Waals surface area contributed by atoms with Crippen LogP contribution in [-0.4, -0.2) is 48.7 Å². The molecule has 0 saturated carbocycles. The summed E-state index contributed by atoms with van der Waals surface area (Å²) in [6.07, 6.45) is -5.13. The zero-order chi connectivity index (χ0) is 29.4. The minimum absolute atomic E-state index is 0.0452. The Kier molecular flexibility index (Phi) is 11.4. The van der Waals surface area contributed by atoms with Crippen molar-refractivity contribution in [3.63, 3.8) is 0 Å². The van der Waals surface area contributed by atoms with Crippen LogP contribution in [0, 0.1) is 12.3 Å². The van der Waals surface area contributed by atoms with E-state index in [-0.39, 0.29) is 33.7 Å². The van der Waals surface area contributed by atoms with Gasteiger partial charge in [0.2, 0.25) is 11.9 Å². The Bertz CT molecular complexity index is 1350. The molecule has 1 atom stereocenters. The first-order valence-electron chi connectivity index (χ1n) is 9.89. The predicted octanol–water partition coefficient (Wildman–Crippen LogP) is 1.73. The topological polar surface area (TPSA) is 220 Å². The van der Waals surface area contributed by atoms with E-state index < -0.39 is 45.6 Å². The predicted molar refractivity (Wildman–Crippen MR) is 130 cm³/mol. The van der Waals surface area contributed by atoms with E-state index in [4.69, 9.17) is 54.8 Å². The number of carbonyl (C=O) groups excluding carboxylic acids is 1. The van der Waals surface area contributed by atoms with Crippen molar-refractivity contribution >= 4 is 56.7 Å². The Morgan fingerprint density at radius 1 is 1.18 bits per heavy atom. The highest BCUT2D eigenvalue weighted by molar-refractivity contribution is 7.92. The van der Waals surface area contributed by atoms with Crippen molar-refractivity contribution in [3.8, 4) is 0 Å². The van der Waals surface area contributed by atoms with Crippen LogP contribution >= 0.6 is 23.2 Å². The molecule has 0 aliphatic rings. The molecule has 0 fully saturated rings. The van der Waals surface area contributed by atoms with Gasteiger partial charge in [0.1, 0.15) is 11.7 Å². The zero-order valence-corrected chi connectivity index (χ0v) is 21.5. The number of halogens is 5. The highest BCUT2D eigenvalue weighted by Gasteiger charge is 2.38. The molecule has 1 aromatic carbocycles. The number of aromatic nitrogens is 1. The van der Waals surface area contributed by atoms with E-state index in [1.165, 1.54) is 30.3 Å². The molecule has 0 bridgehead atoms. The standard InChI is InChI=1S/C17H20Cl2N6O5S.C2HF3O2/c1-9-2-3-13(24-31(28,29)12-7-10(18)6-11(19)8-12)16(27)25(9)14(15(20)26)4-5-30-23-17(21)22;3-2(4,5)1(6)7/h2-3,6-8,14,24H,4-5H2,1H3,(H2,20,26)(H4,21,22,23);(H,6,7). The summed E-state index contributed by atoms with van der Waals surface area (Å²) >= 11 is 11.7. The van der Waals surface area contributed by atoms with Gasteiger partial charge in [0.25, 0.3) is 15.6 Å². The monoisotopic (exact) mass is 604 g/mol. The van der Waals surface area contributed by atoms with Crippen LogP contribution in [0.25, 0.3) is 0 Å². The molecule has 0 aliphatic carbocycles. The van der Waals surface area contributed by atoms with Crippen LogP contribution < -0.4 is 27.2 Å². The third-order valence-corrected chi connectivity index (χ3v) is 6.05. The number of primary amides is 1. The number of carboxylic acid groups (broad SMARTS) is 1. The molecule has 1 heterocycles. The molecule has 8 N–H and O–H groups in total. The largest absolute Gasteiger partial charge is 0.490 e. The number of alkyl halides is 3. The molecule has 1 amide bonds. The smallest absolute Gasteiger partial charge is 0.475 e. The molecule has 2 aromatic rings. The van der Waals surface area contributed by atoms with Crippen LogP contribution in [0.3, 0.4) is 0 Å². The summed E-state index contributed by atoms with van der Waals surface area (Å²) in [5.74, 6) is -4.03. The number of hydroxylamine groups is 1.